The molecule has 1 aromatic carbocycles. The van der Waals surface area contributed by atoms with E-state index in [0.29, 0.717) is 0 Å². The average Bonchev–Trinajstić information content (AvgIpc) is 2.07. The summed E-state index contributed by atoms with van der Waals surface area (Å²) >= 11 is 0. The van der Waals surface area contributed by atoms with Crippen molar-refractivity contribution in [3.05, 3.63) is 23.8 Å². The molecule has 84 valence electrons. The van der Waals surface area contributed by atoms with Crippen molar-refractivity contribution >= 4 is 15.5 Å². The normalized spacial score (nSPS) is 12.8. The Kier molecular flexibility index (Phi) is 2.69. The Hall–Kier alpha value is -1.24. The lowest BCUT2D eigenvalue weighted by Gasteiger charge is -2.10. The van der Waals surface area contributed by atoms with Gasteiger partial charge in [0.25, 0.3) is 9.84 Å². The molecule has 0 saturated heterocycles. The van der Waals surface area contributed by atoms with Gasteiger partial charge in [-0.15, -0.1) is 0 Å². The second-order valence-electron chi connectivity index (χ2n) is 2.97. The lowest BCUT2D eigenvalue weighted by Crippen LogP contribution is -2.24. The first-order chi connectivity index (χ1) is 6.66. The van der Waals surface area contributed by atoms with Gasteiger partial charge < -0.3 is 5.73 Å². The number of anilines is 1. The Labute approximate surface area is 84.6 Å². The number of nitrogen functional groups attached to an aromatic ring is 1. The molecule has 0 aromatic heterocycles. The molecule has 7 heteroatoms. The number of alkyl halides is 3. The van der Waals surface area contributed by atoms with Crippen LogP contribution >= 0.6 is 0 Å². The Morgan fingerprint density at radius 3 is 2.27 bits per heavy atom. The largest absolute Gasteiger partial charge is 0.501 e. The summed E-state index contributed by atoms with van der Waals surface area (Å²) < 4.78 is 58.7. The Morgan fingerprint density at radius 1 is 1.27 bits per heavy atom. The van der Waals surface area contributed by atoms with E-state index in [9.17, 15) is 21.6 Å². The number of aryl methyl sites for hydroxylation is 1. The van der Waals surface area contributed by atoms with Crippen LogP contribution < -0.4 is 5.73 Å². The topological polar surface area (TPSA) is 60.2 Å². The molecule has 0 atom stereocenters. The minimum Gasteiger partial charge on any atom is -0.399 e. The van der Waals surface area contributed by atoms with Crippen LogP contribution in [0.15, 0.2) is 23.1 Å². The molecule has 2 N–H and O–H groups in total. The number of nitrogens with two attached hydrogens (primary N) is 1. The van der Waals surface area contributed by atoms with Crippen LogP contribution in [0.25, 0.3) is 0 Å². The summed E-state index contributed by atoms with van der Waals surface area (Å²) in [4.78, 5) is -0.796. The number of rotatable bonds is 1. The molecule has 0 amide bonds. The van der Waals surface area contributed by atoms with Crippen LogP contribution in [-0.2, 0) is 9.84 Å². The van der Waals surface area contributed by atoms with Gasteiger partial charge >= 0.3 is 5.51 Å². The van der Waals surface area contributed by atoms with E-state index in [4.69, 9.17) is 5.73 Å². The number of sulfone groups is 1. The van der Waals surface area contributed by atoms with E-state index < -0.39 is 20.2 Å². The average molecular weight is 239 g/mol. The molecule has 1 aromatic rings. The van der Waals surface area contributed by atoms with Crippen LogP contribution in [0, 0.1) is 6.92 Å². The van der Waals surface area contributed by atoms with E-state index in [2.05, 4.69) is 0 Å². The first kappa shape index (κ1) is 11.8. The monoisotopic (exact) mass is 239 g/mol. The highest BCUT2D eigenvalue weighted by molar-refractivity contribution is 7.92. The van der Waals surface area contributed by atoms with Crippen LogP contribution in [-0.4, -0.2) is 13.9 Å². The fourth-order valence-electron chi connectivity index (χ4n) is 1.03. The summed E-state index contributed by atoms with van der Waals surface area (Å²) in [5, 5.41) is 0. The zero-order valence-corrected chi connectivity index (χ0v) is 8.48. The molecule has 0 aliphatic carbocycles. The van der Waals surface area contributed by atoms with Crippen molar-refractivity contribution in [1.29, 1.82) is 0 Å². The second-order valence-corrected chi connectivity index (χ2v) is 4.88. The third-order valence-corrected chi connectivity index (χ3v) is 3.43. The molecule has 3 nitrogen and oxygen atoms in total. The quantitative estimate of drug-likeness (QED) is 0.761. The van der Waals surface area contributed by atoms with Gasteiger partial charge in [-0.1, -0.05) is 6.07 Å². The van der Waals surface area contributed by atoms with Crippen LogP contribution in [0.3, 0.4) is 0 Å². The predicted molar refractivity (Wildman–Crippen MR) is 48.8 cm³/mol. The molecule has 0 radical (unpaired) electrons. The molecule has 0 bridgehead atoms. The fourth-order valence-corrected chi connectivity index (χ4v) is 2.06. The fraction of sp³-hybridized carbons (Fsp3) is 0.250. The lowest BCUT2D eigenvalue weighted by molar-refractivity contribution is -0.0436. The molecular formula is C8H8F3NO2S. The summed E-state index contributed by atoms with van der Waals surface area (Å²) in [6.45, 7) is 1.28. The second kappa shape index (κ2) is 3.41. The van der Waals surface area contributed by atoms with Crippen molar-refractivity contribution < 1.29 is 21.6 Å². The Morgan fingerprint density at radius 2 is 1.80 bits per heavy atom. The molecule has 0 spiro atoms. The molecule has 0 heterocycles. The van der Waals surface area contributed by atoms with Crippen molar-refractivity contribution in [2.24, 2.45) is 0 Å². The van der Waals surface area contributed by atoms with Crippen LogP contribution in [0.4, 0.5) is 18.9 Å². The summed E-state index contributed by atoms with van der Waals surface area (Å²) in [5.41, 5.74) is -0.0737. The summed E-state index contributed by atoms with van der Waals surface area (Å²) in [6, 6.07) is 3.37. The molecule has 0 aliphatic rings. The predicted octanol–water partition coefficient (Wildman–Crippen LogP) is 1.87. The summed E-state index contributed by atoms with van der Waals surface area (Å²) in [6.07, 6.45) is 0. The zero-order valence-electron chi connectivity index (χ0n) is 7.67. The third kappa shape index (κ3) is 2.06. The van der Waals surface area contributed by atoms with Gasteiger partial charge in [0, 0.05) is 5.69 Å². The molecule has 15 heavy (non-hydrogen) atoms. The van der Waals surface area contributed by atoms with E-state index in [-0.39, 0.29) is 11.3 Å². The first-order valence-electron chi connectivity index (χ1n) is 3.84. The van der Waals surface area contributed by atoms with E-state index in [1.54, 1.807) is 0 Å². The van der Waals surface area contributed by atoms with E-state index in [1.807, 2.05) is 0 Å². The van der Waals surface area contributed by atoms with Gasteiger partial charge in [-0.05, 0) is 24.6 Å². The zero-order chi connectivity index (χ0) is 11.9. The lowest BCUT2D eigenvalue weighted by atomic mass is 10.2. The van der Waals surface area contributed by atoms with Gasteiger partial charge in [-0.3, -0.25) is 0 Å². The smallest absolute Gasteiger partial charge is 0.399 e. The number of hydrogen-bond acceptors (Lipinski definition) is 3. The van der Waals surface area contributed by atoms with Crippen molar-refractivity contribution in [1.82, 2.24) is 0 Å². The molecular weight excluding hydrogens is 231 g/mol. The van der Waals surface area contributed by atoms with Gasteiger partial charge in [0.15, 0.2) is 0 Å². The van der Waals surface area contributed by atoms with E-state index in [1.165, 1.54) is 19.1 Å². The molecule has 1 rings (SSSR count). The van der Waals surface area contributed by atoms with Crippen molar-refractivity contribution in [3.8, 4) is 0 Å². The first-order valence-corrected chi connectivity index (χ1v) is 5.32. The minimum absolute atomic E-state index is 0.0153. The van der Waals surface area contributed by atoms with Gasteiger partial charge in [-0.25, -0.2) is 8.42 Å². The van der Waals surface area contributed by atoms with Crippen LogP contribution in [0.5, 0.6) is 0 Å². The van der Waals surface area contributed by atoms with Crippen molar-refractivity contribution in [2.45, 2.75) is 17.3 Å². The van der Waals surface area contributed by atoms with Gasteiger partial charge in [0.1, 0.15) is 0 Å². The highest BCUT2D eigenvalue weighted by atomic mass is 32.2. The molecule has 0 fully saturated rings. The SMILES string of the molecule is Cc1ccc(N)cc1S(=O)(=O)C(F)(F)F. The summed E-state index contributed by atoms with van der Waals surface area (Å²) in [7, 11) is -5.31. The van der Waals surface area contributed by atoms with Crippen LogP contribution in [0.1, 0.15) is 5.56 Å². The van der Waals surface area contributed by atoms with Gasteiger partial charge in [0.2, 0.25) is 0 Å². The number of halogens is 3. The Bertz CT molecular complexity index is 479. The maximum Gasteiger partial charge on any atom is 0.501 e. The minimum atomic E-state index is -5.31. The highest BCUT2D eigenvalue weighted by Crippen LogP contribution is 2.32. The van der Waals surface area contributed by atoms with Crippen LogP contribution in [0.2, 0.25) is 0 Å². The molecule has 0 saturated carbocycles. The van der Waals surface area contributed by atoms with Crippen molar-refractivity contribution in [3.63, 3.8) is 0 Å². The van der Waals surface area contributed by atoms with Gasteiger partial charge in [0.05, 0.1) is 4.90 Å². The van der Waals surface area contributed by atoms with E-state index in [0.717, 1.165) is 6.07 Å². The van der Waals surface area contributed by atoms with Gasteiger partial charge in [-0.2, -0.15) is 13.2 Å². The molecule has 0 unspecified atom stereocenters. The number of benzene rings is 1. The van der Waals surface area contributed by atoms with E-state index >= 15 is 0 Å². The standard InChI is InChI=1S/C8H8F3NO2S/c1-5-2-3-6(12)4-7(5)15(13,14)8(9,10)11/h2-4H,12H2,1H3. The molecule has 0 aliphatic heterocycles. The number of hydrogen-bond donors (Lipinski definition) is 1. The third-order valence-electron chi connectivity index (χ3n) is 1.81. The maximum atomic E-state index is 12.2. The summed E-state index contributed by atoms with van der Waals surface area (Å²) in [5.74, 6) is 0. The highest BCUT2D eigenvalue weighted by Gasteiger charge is 2.47. The van der Waals surface area contributed by atoms with Crippen molar-refractivity contribution in [2.75, 3.05) is 5.73 Å². The Balaban J connectivity index is 3.47. The maximum absolute atomic E-state index is 12.2.